The molecule has 14 heavy (non-hydrogen) atoms. The summed E-state index contributed by atoms with van der Waals surface area (Å²) in [6.07, 6.45) is 1.55. The van der Waals surface area contributed by atoms with E-state index < -0.39 is 0 Å². The number of anilines is 1. The van der Waals surface area contributed by atoms with E-state index in [2.05, 4.69) is 5.10 Å². The molecule has 1 aromatic carbocycles. The van der Waals surface area contributed by atoms with Crippen molar-refractivity contribution in [2.45, 2.75) is 5.88 Å². The van der Waals surface area contributed by atoms with Crippen molar-refractivity contribution in [1.82, 2.24) is 0 Å². The molecule has 0 spiro atoms. The van der Waals surface area contributed by atoms with Gasteiger partial charge >= 0.3 is 0 Å². The molecule has 4 nitrogen and oxygen atoms in total. The number of benzene rings is 1. The van der Waals surface area contributed by atoms with E-state index >= 15 is 0 Å². The Kier molecular flexibility index (Phi) is 4.39. The second-order valence-electron chi connectivity index (χ2n) is 2.73. The number of rotatable bonds is 4. The molecule has 0 aromatic heterocycles. The van der Waals surface area contributed by atoms with Gasteiger partial charge in [-0.2, -0.15) is 0 Å². The number of quaternary nitrogens is 1. The fraction of sp³-hybridized carbons (Fsp3) is 0.222. The van der Waals surface area contributed by atoms with Crippen LogP contribution < -0.4 is 16.3 Å². The Labute approximate surface area is 88.3 Å². The smallest absolute Gasteiger partial charge is 0.166 e. The molecule has 0 saturated carbocycles. The van der Waals surface area contributed by atoms with Crippen molar-refractivity contribution in [3.8, 4) is 0 Å². The summed E-state index contributed by atoms with van der Waals surface area (Å²) in [4.78, 5) is 0. The average Bonchev–Trinajstić information content (AvgIpc) is 2.26. The van der Waals surface area contributed by atoms with E-state index in [1.54, 1.807) is 11.8 Å². The first-order chi connectivity index (χ1) is 6.77. The molecule has 5 heteroatoms. The highest BCUT2D eigenvalue weighted by molar-refractivity contribution is 6.17. The molecule has 0 amide bonds. The predicted octanol–water partition coefficient (Wildman–Crippen LogP) is 0.242. The molecule has 0 radical (unpaired) electrons. The summed E-state index contributed by atoms with van der Waals surface area (Å²) in [5.74, 6) is 6.22. The Morgan fingerprint density at radius 1 is 1.50 bits per heavy atom. The van der Waals surface area contributed by atoms with Gasteiger partial charge in [0.15, 0.2) is 6.34 Å². The van der Waals surface area contributed by atoms with Gasteiger partial charge in [-0.25, -0.2) is 11.3 Å². The van der Waals surface area contributed by atoms with E-state index in [0.717, 1.165) is 11.3 Å². The maximum atomic E-state index is 5.70. The van der Waals surface area contributed by atoms with Gasteiger partial charge in [-0.3, -0.25) is 5.01 Å². The van der Waals surface area contributed by atoms with Crippen molar-refractivity contribution >= 4 is 23.6 Å². The van der Waals surface area contributed by atoms with Crippen LogP contribution in [0.25, 0.3) is 0 Å². The van der Waals surface area contributed by atoms with Crippen molar-refractivity contribution in [2.24, 2.45) is 10.9 Å². The Hall–Kier alpha value is -1.10. The highest BCUT2D eigenvalue weighted by Crippen LogP contribution is 2.12. The maximum absolute atomic E-state index is 5.70. The van der Waals surface area contributed by atoms with Crippen LogP contribution in [-0.2, 0) is 5.88 Å². The molecular formula is C9H14ClN4+. The molecule has 0 saturated heterocycles. The average molecular weight is 214 g/mol. The molecule has 0 aliphatic rings. The van der Waals surface area contributed by atoms with Crippen LogP contribution in [-0.4, -0.2) is 13.4 Å². The predicted molar refractivity (Wildman–Crippen MR) is 59.0 cm³/mol. The minimum absolute atomic E-state index is 0.516. The number of hydrazine groups is 1. The maximum Gasteiger partial charge on any atom is 0.166 e. The number of nitrogens with zero attached hydrogens (tertiary/aromatic N) is 2. The third-order valence-electron chi connectivity index (χ3n) is 1.73. The van der Waals surface area contributed by atoms with Gasteiger partial charge in [0.25, 0.3) is 0 Å². The van der Waals surface area contributed by atoms with E-state index in [1.165, 1.54) is 5.01 Å². The highest BCUT2D eigenvalue weighted by atomic mass is 35.5. The van der Waals surface area contributed by atoms with Gasteiger partial charge in [-0.05, 0) is 17.7 Å². The molecule has 0 fully saturated rings. The number of alkyl halides is 1. The number of hydrogen-bond acceptors (Lipinski definition) is 2. The second-order valence-corrected chi connectivity index (χ2v) is 3.00. The quantitative estimate of drug-likeness (QED) is 0.248. The standard InChI is InChI=1S/C9H13ClN4/c1-12-13-7-14(11)9-4-2-8(6-10)3-5-9/h2-5,7,12H,6,11H2,1H3/p+1. The molecule has 0 bridgehead atoms. The van der Waals surface area contributed by atoms with Gasteiger partial charge in [-0.1, -0.05) is 17.2 Å². The summed E-state index contributed by atoms with van der Waals surface area (Å²) in [6, 6.07) is 7.68. The zero-order chi connectivity index (χ0) is 10.4. The van der Waals surface area contributed by atoms with Crippen molar-refractivity contribution < 1.29 is 5.43 Å². The normalized spacial score (nSPS) is 10.8. The molecule has 0 aliphatic heterocycles. The van der Waals surface area contributed by atoms with Gasteiger partial charge in [0.1, 0.15) is 0 Å². The summed E-state index contributed by atoms with van der Waals surface area (Å²) in [5.41, 5.74) is 3.62. The van der Waals surface area contributed by atoms with Crippen LogP contribution in [0.3, 0.4) is 0 Å². The van der Waals surface area contributed by atoms with Gasteiger partial charge in [-0.15, -0.1) is 11.6 Å². The highest BCUT2D eigenvalue weighted by Gasteiger charge is 1.98. The number of hydrogen-bond donors (Lipinski definition) is 2. The topological polar surface area (TPSA) is 58.2 Å². The summed E-state index contributed by atoms with van der Waals surface area (Å²) in [7, 11) is 1.83. The second kappa shape index (κ2) is 5.59. The largest absolute Gasteiger partial charge is 0.264 e. The molecule has 0 aliphatic carbocycles. The molecule has 0 unspecified atom stereocenters. The molecular weight excluding hydrogens is 200 g/mol. The zero-order valence-electron chi connectivity index (χ0n) is 8.02. The Balaban J connectivity index is 2.71. The Morgan fingerprint density at radius 3 is 2.64 bits per heavy atom. The molecule has 76 valence electrons. The third-order valence-corrected chi connectivity index (χ3v) is 2.04. The first kappa shape index (κ1) is 11.0. The van der Waals surface area contributed by atoms with Crippen molar-refractivity contribution in [3.63, 3.8) is 0 Å². The fourth-order valence-electron chi connectivity index (χ4n) is 0.962. The molecule has 0 heterocycles. The van der Waals surface area contributed by atoms with Gasteiger partial charge in [0, 0.05) is 5.88 Å². The Morgan fingerprint density at radius 2 is 2.14 bits per heavy atom. The SMILES string of the molecule is C[NH2+]N=CN(N)c1ccc(CCl)cc1. The number of halogens is 1. The lowest BCUT2D eigenvalue weighted by atomic mass is 10.2. The summed E-state index contributed by atoms with van der Waals surface area (Å²) in [5, 5.41) is 5.37. The van der Waals surface area contributed by atoms with Gasteiger partial charge in [0.2, 0.25) is 0 Å². The lowest BCUT2D eigenvalue weighted by molar-refractivity contribution is -0.632. The first-order valence-corrected chi connectivity index (χ1v) is 4.81. The monoisotopic (exact) mass is 213 g/mol. The molecule has 4 N–H and O–H groups in total. The minimum Gasteiger partial charge on any atom is -0.264 e. The Bertz CT molecular complexity index is 296. The van der Waals surface area contributed by atoms with E-state index in [0.29, 0.717) is 5.88 Å². The van der Waals surface area contributed by atoms with Crippen molar-refractivity contribution in [2.75, 3.05) is 12.1 Å². The van der Waals surface area contributed by atoms with Crippen LogP contribution in [0.2, 0.25) is 0 Å². The van der Waals surface area contributed by atoms with Gasteiger partial charge in [0.05, 0.1) is 12.7 Å². The van der Waals surface area contributed by atoms with Crippen LogP contribution in [0.1, 0.15) is 5.56 Å². The third kappa shape index (κ3) is 2.99. The van der Waals surface area contributed by atoms with Crippen LogP contribution in [0, 0.1) is 0 Å². The van der Waals surface area contributed by atoms with E-state index in [4.69, 9.17) is 17.4 Å². The lowest BCUT2D eigenvalue weighted by Gasteiger charge is -2.11. The molecule has 0 atom stereocenters. The van der Waals surface area contributed by atoms with Gasteiger partial charge < -0.3 is 0 Å². The minimum atomic E-state index is 0.516. The first-order valence-electron chi connectivity index (χ1n) is 4.28. The van der Waals surface area contributed by atoms with Crippen LogP contribution in [0.4, 0.5) is 5.69 Å². The molecule has 1 rings (SSSR count). The van der Waals surface area contributed by atoms with Crippen LogP contribution in [0.15, 0.2) is 29.4 Å². The van der Waals surface area contributed by atoms with Crippen molar-refractivity contribution in [1.29, 1.82) is 0 Å². The molecule has 1 aromatic rings. The van der Waals surface area contributed by atoms with E-state index in [1.807, 2.05) is 31.3 Å². The van der Waals surface area contributed by atoms with Crippen LogP contribution in [0.5, 0.6) is 0 Å². The lowest BCUT2D eigenvalue weighted by Crippen LogP contribution is -2.73. The van der Waals surface area contributed by atoms with Crippen LogP contribution >= 0.6 is 11.6 Å². The van der Waals surface area contributed by atoms with E-state index in [-0.39, 0.29) is 0 Å². The summed E-state index contributed by atoms with van der Waals surface area (Å²) < 4.78 is 0. The van der Waals surface area contributed by atoms with E-state index in [9.17, 15) is 0 Å². The summed E-state index contributed by atoms with van der Waals surface area (Å²) >= 11 is 5.67. The fourth-order valence-corrected chi connectivity index (χ4v) is 1.14. The number of nitrogens with two attached hydrogens (primary N) is 2. The summed E-state index contributed by atoms with van der Waals surface area (Å²) in [6.45, 7) is 0. The van der Waals surface area contributed by atoms with Crippen molar-refractivity contribution in [3.05, 3.63) is 29.8 Å². The zero-order valence-corrected chi connectivity index (χ0v) is 8.78.